The molecule has 1 saturated heterocycles. The van der Waals surface area contributed by atoms with Crippen LogP contribution < -0.4 is 10.1 Å². The van der Waals surface area contributed by atoms with Crippen LogP contribution in [0.4, 0.5) is 0 Å². The van der Waals surface area contributed by atoms with Crippen LogP contribution in [0.3, 0.4) is 0 Å². The molecule has 1 fully saturated rings. The van der Waals surface area contributed by atoms with Crippen molar-refractivity contribution in [3.05, 3.63) is 48.3 Å². The second-order valence-electron chi connectivity index (χ2n) is 6.11. The van der Waals surface area contributed by atoms with Crippen molar-refractivity contribution in [1.82, 2.24) is 20.0 Å². The zero-order valence-corrected chi connectivity index (χ0v) is 14.2. The Morgan fingerprint density at radius 3 is 2.84 bits per heavy atom. The smallest absolute Gasteiger partial charge is 0.242 e. The fraction of sp³-hybridized carbons (Fsp3) is 0.389. The van der Waals surface area contributed by atoms with Gasteiger partial charge >= 0.3 is 0 Å². The van der Waals surface area contributed by atoms with E-state index < -0.39 is 0 Å². The minimum Gasteiger partial charge on any atom is -0.497 e. The minimum atomic E-state index is -0.133. The Morgan fingerprint density at radius 2 is 2.16 bits per heavy atom. The number of nitrogens with one attached hydrogen (secondary N) is 1. The number of rotatable bonds is 7. The van der Waals surface area contributed by atoms with Crippen LogP contribution in [0.2, 0.25) is 0 Å². The monoisotopic (exact) mass is 342 g/mol. The first-order valence-electron chi connectivity index (χ1n) is 8.31. The van der Waals surface area contributed by atoms with Gasteiger partial charge in [-0.2, -0.15) is 5.10 Å². The summed E-state index contributed by atoms with van der Waals surface area (Å²) in [6, 6.07) is 9.48. The van der Waals surface area contributed by atoms with E-state index in [1.807, 2.05) is 29.2 Å². The van der Waals surface area contributed by atoms with Crippen molar-refractivity contribution >= 4 is 11.8 Å². The molecule has 1 atom stereocenters. The van der Waals surface area contributed by atoms with Gasteiger partial charge < -0.3 is 15.0 Å². The molecule has 3 rings (SSSR count). The van der Waals surface area contributed by atoms with E-state index in [9.17, 15) is 9.59 Å². The van der Waals surface area contributed by atoms with Gasteiger partial charge in [-0.25, -0.2) is 0 Å². The highest BCUT2D eigenvalue weighted by Gasteiger charge is 2.30. The second kappa shape index (κ2) is 7.83. The number of hydrogen-bond donors (Lipinski definition) is 1. The zero-order valence-electron chi connectivity index (χ0n) is 14.2. The molecular weight excluding hydrogens is 320 g/mol. The summed E-state index contributed by atoms with van der Waals surface area (Å²) in [4.78, 5) is 26.0. The molecule has 7 nitrogen and oxygen atoms in total. The van der Waals surface area contributed by atoms with Crippen molar-refractivity contribution in [2.75, 3.05) is 20.2 Å². The van der Waals surface area contributed by atoms with Gasteiger partial charge in [0.2, 0.25) is 11.8 Å². The Morgan fingerprint density at radius 1 is 1.36 bits per heavy atom. The first kappa shape index (κ1) is 17.0. The summed E-state index contributed by atoms with van der Waals surface area (Å²) in [5.41, 5.74) is 1.15. The molecule has 0 bridgehead atoms. The average Bonchev–Trinajstić information content (AvgIpc) is 3.23. The topological polar surface area (TPSA) is 76.5 Å². The summed E-state index contributed by atoms with van der Waals surface area (Å²) in [6.45, 7) is 1.38. The Kier molecular flexibility index (Phi) is 5.33. The molecule has 1 aromatic carbocycles. The van der Waals surface area contributed by atoms with Gasteiger partial charge in [0.15, 0.2) is 0 Å². The maximum absolute atomic E-state index is 12.1. The highest BCUT2D eigenvalue weighted by molar-refractivity contribution is 5.82. The lowest BCUT2D eigenvalue weighted by molar-refractivity contribution is -0.127. The zero-order chi connectivity index (χ0) is 17.6. The SMILES string of the molecule is COc1ccc(CCN2C[C@@H](NC(=O)Cn3cccn3)CC2=O)cc1. The number of likely N-dealkylation sites (tertiary alicyclic amines) is 1. The lowest BCUT2D eigenvalue weighted by Crippen LogP contribution is -2.39. The number of aromatic nitrogens is 2. The maximum Gasteiger partial charge on any atom is 0.242 e. The first-order chi connectivity index (χ1) is 12.1. The van der Waals surface area contributed by atoms with Gasteiger partial charge in [-0.3, -0.25) is 14.3 Å². The molecule has 0 unspecified atom stereocenters. The quantitative estimate of drug-likeness (QED) is 0.809. The molecule has 2 amide bonds. The second-order valence-corrected chi connectivity index (χ2v) is 6.11. The number of benzene rings is 1. The summed E-state index contributed by atoms with van der Waals surface area (Å²) >= 11 is 0. The first-order valence-corrected chi connectivity index (χ1v) is 8.31. The van der Waals surface area contributed by atoms with Crippen LogP contribution in [0.25, 0.3) is 0 Å². The van der Waals surface area contributed by atoms with E-state index in [2.05, 4.69) is 10.4 Å². The number of carbonyl (C=O) groups excluding carboxylic acids is 2. The van der Waals surface area contributed by atoms with Gasteiger partial charge in [0.1, 0.15) is 12.3 Å². The molecule has 25 heavy (non-hydrogen) atoms. The van der Waals surface area contributed by atoms with Crippen molar-refractivity contribution in [3.63, 3.8) is 0 Å². The molecule has 2 aromatic rings. The molecule has 132 valence electrons. The molecule has 0 saturated carbocycles. The number of carbonyl (C=O) groups is 2. The fourth-order valence-electron chi connectivity index (χ4n) is 2.96. The normalized spacial score (nSPS) is 16.9. The summed E-state index contributed by atoms with van der Waals surface area (Å²) in [5, 5.41) is 6.92. The van der Waals surface area contributed by atoms with E-state index in [-0.39, 0.29) is 24.4 Å². The molecule has 2 heterocycles. The molecule has 0 radical (unpaired) electrons. The number of nitrogens with zero attached hydrogens (tertiary/aromatic N) is 3. The lowest BCUT2D eigenvalue weighted by Gasteiger charge is -2.17. The van der Waals surface area contributed by atoms with Crippen molar-refractivity contribution in [2.45, 2.75) is 25.4 Å². The van der Waals surface area contributed by atoms with Crippen LogP contribution >= 0.6 is 0 Å². The van der Waals surface area contributed by atoms with Crippen LogP contribution in [0.15, 0.2) is 42.7 Å². The average molecular weight is 342 g/mol. The third-order valence-electron chi connectivity index (χ3n) is 4.27. The summed E-state index contributed by atoms with van der Waals surface area (Å²) in [6.07, 6.45) is 4.50. The molecule has 1 N–H and O–H groups in total. The molecule has 0 spiro atoms. The predicted molar refractivity (Wildman–Crippen MR) is 92.1 cm³/mol. The van der Waals surface area contributed by atoms with Gasteiger partial charge in [0, 0.05) is 31.9 Å². The van der Waals surface area contributed by atoms with Crippen molar-refractivity contribution in [3.8, 4) is 5.75 Å². The van der Waals surface area contributed by atoms with E-state index in [1.54, 1.807) is 30.3 Å². The Hall–Kier alpha value is -2.83. The maximum atomic E-state index is 12.1. The molecule has 0 aliphatic carbocycles. The summed E-state index contributed by atoms with van der Waals surface area (Å²) < 4.78 is 6.70. The van der Waals surface area contributed by atoms with E-state index in [0.29, 0.717) is 19.5 Å². The van der Waals surface area contributed by atoms with Crippen LogP contribution in [0.1, 0.15) is 12.0 Å². The largest absolute Gasteiger partial charge is 0.497 e. The molecule has 1 aromatic heterocycles. The minimum absolute atomic E-state index is 0.0814. The van der Waals surface area contributed by atoms with Crippen molar-refractivity contribution in [1.29, 1.82) is 0 Å². The van der Waals surface area contributed by atoms with Crippen LogP contribution in [-0.4, -0.2) is 52.7 Å². The molecule has 7 heteroatoms. The third-order valence-corrected chi connectivity index (χ3v) is 4.27. The van der Waals surface area contributed by atoms with Crippen LogP contribution in [0, 0.1) is 0 Å². The summed E-state index contributed by atoms with van der Waals surface area (Å²) in [5.74, 6) is 0.775. The molecule has 1 aliphatic rings. The van der Waals surface area contributed by atoms with Crippen molar-refractivity contribution < 1.29 is 14.3 Å². The predicted octanol–water partition coefficient (Wildman–Crippen LogP) is 0.851. The fourth-order valence-corrected chi connectivity index (χ4v) is 2.96. The highest BCUT2D eigenvalue weighted by atomic mass is 16.5. The summed E-state index contributed by atoms with van der Waals surface area (Å²) in [7, 11) is 1.64. The number of ether oxygens (including phenoxy) is 1. The number of hydrogen-bond acceptors (Lipinski definition) is 4. The van der Waals surface area contributed by atoms with E-state index >= 15 is 0 Å². The van der Waals surface area contributed by atoms with Gasteiger partial charge in [-0.15, -0.1) is 0 Å². The van der Waals surface area contributed by atoms with E-state index in [4.69, 9.17) is 4.74 Å². The highest BCUT2D eigenvalue weighted by Crippen LogP contribution is 2.15. The number of amides is 2. The third kappa shape index (κ3) is 4.59. The Balaban J connectivity index is 1.45. The standard InChI is InChI=1S/C18H22N4O3/c1-25-16-5-3-14(4-6-16)7-10-21-12-15(11-18(21)24)20-17(23)13-22-9-2-8-19-22/h2-6,8-9,15H,7,10-13H2,1H3,(H,20,23)/t15-/m0/s1. The van der Waals surface area contributed by atoms with E-state index in [1.165, 1.54) is 0 Å². The van der Waals surface area contributed by atoms with Gasteiger partial charge in [0.05, 0.1) is 13.2 Å². The van der Waals surface area contributed by atoms with Gasteiger partial charge in [-0.1, -0.05) is 12.1 Å². The molecule has 1 aliphatic heterocycles. The van der Waals surface area contributed by atoms with Gasteiger partial charge in [-0.05, 0) is 30.2 Å². The van der Waals surface area contributed by atoms with Crippen molar-refractivity contribution in [2.24, 2.45) is 0 Å². The van der Waals surface area contributed by atoms with Crippen LogP contribution in [0.5, 0.6) is 5.75 Å². The van der Waals surface area contributed by atoms with E-state index in [0.717, 1.165) is 17.7 Å². The number of methoxy groups -OCH3 is 1. The Bertz CT molecular complexity index is 712. The lowest BCUT2D eigenvalue weighted by atomic mass is 10.1. The van der Waals surface area contributed by atoms with Gasteiger partial charge in [0.25, 0.3) is 0 Å². The van der Waals surface area contributed by atoms with Crippen LogP contribution in [-0.2, 0) is 22.6 Å². The molecular formula is C18H22N4O3. The Labute approximate surface area is 146 Å².